The van der Waals surface area contributed by atoms with Gasteiger partial charge < -0.3 is 9.73 Å². The van der Waals surface area contributed by atoms with Crippen molar-refractivity contribution in [2.75, 3.05) is 0 Å². The number of furan rings is 1. The highest BCUT2D eigenvalue weighted by atomic mass is 32.2. The fourth-order valence-electron chi connectivity index (χ4n) is 1.66. The number of rotatable bonds is 4. The number of aryl methyl sites for hydroxylation is 1. The molecule has 1 amide bonds. The number of hydrogen-bond acceptors (Lipinski definition) is 4. The van der Waals surface area contributed by atoms with Gasteiger partial charge in [-0.05, 0) is 37.3 Å². The molecule has 0 fully saturated rings. The van der Waals surface area contributed by atoms with E-state index < -0.39 is 15.9 Å². The molecule has 0 aliphatic heterocycles. The monoisotopic (exact) mass is 294 g/mol. The molecule has 3 N–H and O–H groups in total. The Morgan fingerprint density at radius 3 is 2.65 bits per heavy atom. The van der Waals surface area contributed by atoms with Crippen molar-refractivity contribution in [3.05, 3.63) is 53.5 Å². The average Bonchev–Trinajstić information content (AvgIpc) is 2.81. The van der Waals surface area contributed by atoms with E-state index in [1.807, 2.05) is 0 Å². The first-order chi connectivity index (χ1) is 9.36. The molecule has 106 valence electrons. The van der Waals surface area contributed by atoms with E-state index >= 15 is 0 Å². The molecule has 2 aromatic rings. The second kappa shape index (κ2) is 5.48. The summed E-state index contributed by atoms with van der Waals surface area (Å²) in [6.45, 7) is 2.03. The Kier molecular flexibility index (Phi) is 3.91. The molecule has 0 aliphatic rings. The minimum Gasteiger partial charge on any atom is -0.465 e. The predicted octanol–water partition coefficient (Wildman–Crippen LogP) is 1.17. The molecule has 0 atom stereocenters. The molecule has 0 unspecified atom stereocenters. The lowest BCUT2D eigenvalue weighted by Gasteiger charge is -2.05. The number of carbonyl (C=O) groups excluding carboxylic acids is 1. The molecule has 1 heterocycles. The first kappa shape index (κ1) is 14.3. The molecule has 0 aliphatic carbocycles. The lowest BCUT2D eigenvalue weighted by atomic mass is 10.2. The van der Waals surface area contributed by atoms with Crippen LogP contribution < -0.4 is 10.5 Å². The summed E-state index contributed by atoms with van der Waals surface area (Å²) in [4.78, 5) is 11.8. The molecule has 20 heavy (non-hydrogen) atoms. The molecule has 2 rings (SSSR count). The normalized spacial score (nSPS) is 11.3. The quantitative estimate of drug-likeness (QED) is 0.883. The van der Waals surface area contributed by atoms with Gasteiger partial charge in [-0.15, -0.1) is 0 Å². The van der Waals surface area contributed by atoms with Crippen LogP contribution in [0.3, 0.4) is 0 Å². The van der Waals surface area contributed by atoms with Gasteiger partial charge >= 0.3 is 0 Å². The van der Waals surface area contributed by atoms with Crippen LogP contribution in [-0.4, -0.2) is 14.3 Å². The zero-order chi connectivity index (χ0) is 14.8. The summed E-state index contributed by atoms with van der Waals surface area (Å²) < 4.78 is 27.8. The van der Waals surface area contributed by atoms with Crippen LogP contribution in [0.4, 0.5) is 0 Å². The highest BCUT2D eigenvalue weighted by Gasteiger charge is 2.12. The SMILES string of the molecule is Cc1ccc(CNC(=O)c2cccc(S(N)(=O)=O)c2)o1. The number of sulfonamides is 1. The minimum absolute atomic E-state index is 0.0982. The lowest BCUT2D eigenvalue weighted by Crippen LogP contribution is -2.23. The van der Waals surface area contributed by atoms with Crippen molar-refractivity contribution in [2.45, 2.75) is 18.4 Å². The molecule has 0 spiro atoms. The fraction of sp³-hybridized carbons (Fsp3) is 0.154. The number of primary sulfonamides is 1. The molecule has 0 bridgehead atoms. The second-order valence-corrected chi connectivity index (χ2v) is 5.83. The van der Waals surface area contributed by atoms with Crippen molar-refractivity contribution >= 4 is 15.9 Å². The van der Waals surface area contributed by atoms with Gasteiger partial charge in [-0.1, -0.05) is 6.07 Å². The third kappa shape index (κ3) is 3.46. The third-order valence-corrected chi connectivity index (χ3v) is 3.55. The summed E-state index contributed by atoms with van der Waals surface area (Å²) in [6, 6.07) is 9.10. The molecule has 0 radical (unpaired) electrons. The summed E-state index contributed by atoms with van der Waals surface area (Å²) >= 11 is 0. The van der Waals surface area contributed by atoms with E-state index in [4.69, 9.17) is 9.56 Å². The number of amides is 1. The lowest BCUT2D eigenvalue weighted by molar-refractivity contribution is 0.0947. The van der Waals surface area contributed by atoms with Crippen molar-refractivity contribution in [1.82, 2.24) is 5.32 Å². The van der Waals surface area contributed by atoms with E-state index in [2.05, 4.69) is 5.32 Å². The van der Waals surface area contributed by atoms with Crippen LogP contribution in [0.2, 0.25) is 0 Å². The summed E-state index contributed by atoms with van der Waals surface area (Å²) in [5, 5.41) is 7.66. The van der Waals surface area contributed by atoms with Crippen LogP contribution in [-0.2, 0) is 16.6 Å². The average molecular weight is 294 g/mol. The van der Waals surface area contributed by atoms with E-state index in [-0.39, 0.29) is 17.0 Å². The maximum Gasteiger partial charge on any atom is 0.251 e. The molecule has 1 aromatic heterocycles. The second-order valence-electron chi connectivity index (χ2n) is 4.27. The van der Waals surface area contributed by atoms with Crippen molar-refractivity contribution < 1.29 is 17.6 Å². The molecule has 1 aromatic carbocycles. The van der Waals surface area contributed by atoms with Crippen LogP contribution in [0.15, 0.2) is 45.7 Å². The van der Waals surface area contributed by atoms with E-state index in [0.29, 0.717) is 5.76 Å². The standard InChI is InChI=1S/C13H14N2O4S/c1-9-5-6-11(19-9)8-15-13(16)10-3-2-4-12(7-10)20(14,17)18/h2-7H,8H2,1H3,(H,15,16)(H2,14,17,18). The van der Waals surface area contributed by atoms with Gasteiger partial charge in [0.15, 0.2) is 0 Å². The summed E-state index contributed by atoms with van der Waals surface area (Å²) in [5.41, 5.74) is 0.222. The van der Waals surface area contributed by atoms with Crippen molar-refractivity contribution in [3.63, 3.8) is 0 Å². The number of hydrogen-bond donors (Lipinski definition) is 2. The van der Waals surface area contributed by atoms with Gasteiger partial charge in [0, 0.05) is 5.56 Å². The first-order valence-electron chi connectivity index (χ1n) is 5.82. The Morgan fingerprint density at radius 2 is 2.05 bits per heavy atom. The van der Waals surface area contributed by atoms with Crippen LogP contribution in [0.25, 0.3) is 0 Å². The highest BCUT2D eigenvalue weighted by Crippen LogP contribution is 2.10. The van der Waals surface area contributed by atoms with Gasteiger partial charge in [0.25, 0.3) is 5.91 Å². The molecular formula is C13H14N2O4S. The van der Waals surface area contributed by atoms with E-state index in [1.54, 1.807) is 19.1 Å². The van der Waals surface area contributed by atoms with Crippen molar-refractivity contribution in [3.8, 4) is 0 Å². The zero-order valence-corrected chi connectivity index (χ0v) is 11.6. The van der Waals surface area contributed by atoms with Crippen LogP contribution >= 0.6 is 0 Å². The largest absolute Gasteiger partial charge is 0.465 e. The number of nitrogens with one attached hydrogen (secondary N) is 1. The van der Waals surface area contributed by atoms with Crippen molar-refractivity contribution in [1.29, 1.82) is 0 Å². The van der Waals surface area contributed by atoms with Gasteiger partial charge in [0.2, 0.25) is 10.0 Å². The number of benzene rings is 1. The number of nitrogens with two attached hydrogens (primary N) is 1. The maximum absolute atomic E-state index is 11.9. The Bertz CT molecular complexity index is 734. The summed E-state index contributed by atoms with van der Waals surface area (Å²) in [5.74, 6) is 0.980. The Morgan fingerprint density at radius 1 is 1.30 bits per heavy atom. The third-order valence-electron chi connectivity index (χ3n) is 2.64. The first-order valence-corrected chi connectivity index (χ1v) is 7.37. The summed E-state index contributed by atoms with van der Waals surface area (Å²) in [6.07, 6.45) is 0. The van der Waals surface area contributed by atoms with Gasteiger partial charge in [-0.3, -0.25) is 4.79 Å². The van der Waals surface area contributed by atoms with Crippen LogP contribution in [0, 0.1) is 6.92 Å². The molecule has 6 nitrogen and oxygen atoms in total. The Balaban J connectivity index is 2.10. The minimum atomic E-state index is -3.82. The van der Waals surface area contributed by atoms with E-state index in [0.717, 1.165) is 5.76 Å². The number of carbonyl (C=O) groups is 1. The predicted molar refractivity (Wildman–Crippen MR) is 72.4 cm³/mol. The Labute approximate surface area is 116 Å². The van der Waals surface area contributed by atoms with Crippen molar-refractivity contribution in [2.24, 2.45) is 5.14 Å². The molecule has 0 saturated heterocycles. The molecular weight excluding hydrogens is 280 g/mol. The zero-order valence-electron chi connectivity index (χ0n) is 10.8. The summed E-state index contributed by atoms with van der Waals surface area (Å²) in [7, 11) is -3.82. The Hall–Kier alpha value is -2.12. The van der Waals surface area contributed by atoms with Crippen LogP contribution in [0.5, 0.6) is 0 Å². The van der Waals surface area contributed by atoms with Gasteiger partial charge in [0.1, 0.15) is 11.5 Å². The van der Waals surface area contributed by atoms with Crippen LogP contribution in [0.1, 0.15) is 21.9 Å². The van der Waals surface area contributed by atoms with Gasteiger partial charge in [-0.25, -0.2) is 13.6 Å². The maximum atomic E-state index is 11.9. The smallest absolute Gasteiger partial charge is 0.251 e. The fourth-order valence-corrected chi connectivity index (χ4v) is 2.22. The van der Waals surface area contributed by atoms with E-state index in [9.17, 15) is 13.2 Å². The highest BCUT2D eigenvalue weighted by molar-refractivity contribution is 7.89. The van der Waals surface area contributed by atoms with Gasteiger partial charge in [0.05, 0.1) is 11.4 Å². The molecule has 0 saturated carbocycles. The van der Waals surface area contributed by atoms with E-state index in [1.165, 1.54) is 24.3 Å². The topological polar surface area (TPSA) is 102 Å². The van der Waals surface area contributed by atoms with Gasteiger partial charge in [-0.2, -0.15) is 0 Å². The molecule has 7 heteroatoms.